The zero-order valence-electron chi connectivity index (χ0n) is 18.5. The fraction of sp³-hybridized carbons (Fsp3) is 0.280. The lowest BCUT2D eigenvalue weighted by molar-refractivity contribution is -0.130. The first-order chi connectivity index (χ1) is 15.8. The molecule has 8 heteroatoms. The number of amides is 1. The van der Waals surface area contributed by atoms with Crippen LogP contribution in [0.25, 0.3) is 11.0 Å². The molecule has 2 aromatic carbocycles. The Bertz CT molecular complexity index is 1240. The fourth-order valence-corrected chi connectivity index (χ4v) is 4.33. The molecule has 0 bridgehead atoms. The lowest BCUT2D eigenvalue weighted by atomic mass is 9.94. The van der Waals surface area contributed by atoms with Crippen molar-refractivity contribution < 1.29 is 28.6 Å². The van der Waals surface area contributed by atoms with Crippen molar-refractivity contribution in [1.82, 2.24) is 4.90 Å². The Labute approximate surface area is 199 Å². The van der Waals surface area contributed by atoms with Crippen LogP contribution in [0.4, 0.5) is 0 Å². The van der Waals surface area contributed by atoms with E-state index in [1.165, 1.54) is 12.0 Å². The van der Waals surface area contributed by atoms with Crippen molar-refractivity contribution in [3.05, 3.63) is 75.7 Å². The van der Waals surface area contributed by atoms with Gasteiger partial charge in [-0.3, -0.25) is 9.59 Å². The van der Waals surface area contributed by atoms with E-state index in [0.717, 1.165) is 9.86 Å². The van der Waals surface area contributed by atoms with E-state index in [4.69, 9.17) is 13.9 Å². The molecule has 1 aliphatic heterocycles. The summed E-state index contributed by atoms with van der Waals surface area (Å²) in [5.41, 5.74) is 1.08. The molecular weight excluding hydrogens is 490 g/mol. The summed E-state index contributed by atoms with van der Waals surface area (Å²) in [5, 5.41) is 11.5. The van der Waals surface area contributed by atoms with E-state index in [1.54, 1.807) is 30.3 Å². The number of ketones is 1. The Kier molecular flexibility index (Phi) is 6.58. The monoisotopic (exact) mass is 513 g/mol. The van der Waals surface area contributed by atoms with Gasteiger partial charge >= 0.3 is 0 Å². The highest BCUT2D eigenvalue weighted by Crippen LogP contribution is 2.43. The predicted molar refractivity (Wildman–Crippen MR) is 126 cm³/mol. The number of fused-ring (bicyclic) bond motifs is 1. The average Bonchev–Trinajstić information content (AvgIpc) is 3.30. The third kappa shape index (κ3) is 4.41. The predicted octanol–water partition coefficient (Wildman–Crippen LogP) is 5.21. The fourth-order valence-electron chi connectivity index (χ4n) is 3.96. The maximum absolute atomic E-state index is 13.6. The highest BCUT2D eigenvalue weighted by molar-refractivity contribution is 9.10. The molecule has 0 aliphatic carbocycles. The first-order valence-electron chi connectivity index (χ1n) is 10.5. The number of halogens is 1. The number of aliphatic hydroxyl groups is 1. The van der Waals surface area contributed by atoms with Crippen molar-refractivity contribution in [1.29, 1.82) is 0 Å². The molecule has 1 amide bonds. The van der Waals surface area contributed by atoms with Gasteiger partial charge in [-0.2, -0.15) is 0 Å². The topological polar surface area (TPSA) is 89.2 Å². The number of carbonyl (C=O) groups is 2. The van der Waals surface area contributed by atoms with Crippen LogP contribution in [0, 0.1) is 0 Å². The third-order valence-electron chi connectivity index (χ3n) is 5.36. The van der Waals surface area contributed by atoms with E-state index >= 15 is 0 Å². The van der Waals surface area contributed by atoms with Crippen LogP contribution in [0.15, 0.2) is 68.8 Å². The Morgan fingerprint density at radius 2 is 1.97 bits per heavy atom. The Balaban J connectivity index is 1.83. The van der Waals surface area contributed by atoms with E-state index < -0.39 is 23.5 Å². The molecule has 0 fully saturated rings. The molecule has 1 aliphatic rings. The number of para-hydroxylation sites is 1. The minimum atomic E-state index is -0.852. The van der Waals surface area contributed by atoms with Crippen LogP contribution in [-0.2, 0) is 9.53 Å². The molecule has 33 heavy (non-hydrogen) atoms. The van der Waals surface area contributed by atoms with Crippen LogP contribution >= 0.6 is 15.9 Å². The molecule has 1 atom stereocenters. The van der Waals surface area contributed by atoms with Gasteiger partial charge in [-0.25, -0.2) is 0 Å². The van der Waals surface area contributed by atoms with Gasteiger partial charge in [0.25, 0.3) is 5.91 Å². The maximum Gasteiger partial charge on any atom is 0.290 e. The van der Waals surface area contributed by atoms with Gasteiger partial charge in [-0.05, 0) is 44.2 Å². The van der Waals surface area contributed by atoms with Gasteiger partial charge in [-0.1, -0.05) is 34.1 Å². The molecule has 0 saturated heterocycles. The molecule has 1 unspecified atom stereocenters. The number of aliphatic hydroxyl groups excluding tert-OH is 1. The van der Waals surface area contributed by atoms with Crippen LogP contribution in [0.1, 0.15) is 36.0 Å². The van der Waals surface area contributed by atoms with E-state index in [0.29, 0.717) is 16.9 Å². The van der Waals surface area contributed by atoms with E-state index in [1.807, 2.05) is 32.0 Å². The van der Waals surface area contributed by atoms with Gasteiger partial charge in [-0.15, -0.1) is 0 Å². The average molecular weight is 514 g/mol. The molecule has 0 radical (unpaired) electrons. The quantitative estimate of drug-likeness (QED) is 0.416. The van der Waals surface area contributed by atoms with Crippen molar-refractivity contribution in [2.75, 3.05) is 20.3 Å². The first kappa shape index (κ1) is 23.1. The summed E-state index contributed by atoms with van der Waals surface area (Å²) in [5.74, 6) is -1.22. The highest BCUT2D eigenvalue weighted by atomic mass is 79.9. The zero-order chi connectivity index (χ0) is 23.7. The summed E-state index contributed by atoms with van der Waals surface area (Å²) in [6.45, 7) is 4.21. The second-order valence-corrected chi connectivity index (χ2v) is 8.90. The number of furan rings is 1. The van der Waals surface area contributed by atoms with E-state index in [-0.39, 0.29) is 30.6 Å². The minimum absolute atomic E-state index is 0.0401. The van der Waals surface area contributed by atoms with Gasteiger partial charge in [0.05, 0.1) is 24.3 Å². The molecule has 0 saturated carbocycles. The Hall–Kier alpha value is -3.10. The number of hydrogen-bond donors (Lipinski definition) is 1. The molecule has 3 aromatic rings. The normalized spacial score (nSPS) is 16.3. The van der Waals surface area contributed by atoms with E-state index in [9.17, 15) is 14.7 Å². The summed E-state index contributed by atoms with van der Waals surface area (Å²) in [6, 6.07) is 13.3. The van der Waals surface area contributed by atoms with Gasteiger partial charge in [0.1, 0.15) is 11.3 Å². The Morgan fingerprint density at radius 1 is 1.21 bits per heavy atom. The summed E-state index contributed by atoms with van der Waals surface area (Å²) in [4.78, 5) is 28.1. The molecular formula is C25H24BrNO6. The van der Waals surface area contributed by atoms with Crippen LogP contribution < -0.4 is 4.74 Å². The molecule has 2 heterocycles. The molecule has 7 nitrogen and oxygen atoms in total. The van der Waals surface area contributed by atoms with Gasteiger partial charge in [0, 0.05) is 29.1 Å². The number of methoxy groups -OCH3 is 1. The van der Waals surface area contributed by atoms with Crippen molar-refractivity contribution in [2.45, 2.75) is 26.0 Å². The second-order valence-electron chi connectivity index (χ2n) is 7.98. The molecule has 1 N–H and O–H groups in total. The van der Waals surface area contributed by atoms with E-state index in [2.05, 4.69) is 15.9 Å². The van der Waals surface area contributed by atoms with Crippen molar-refractivity contribution in [3.63, 3.8) is 0 Å². The molecule has 1 aromatic heterocycles. The number of carbonyl (C=O) groups excluding carboxylic acids is 2. The second kappa shape index (κ2) is 9.41. The van der Waals surface area contributed by atoms with Crippen molar-refractivity contribution >= 4 is 38.6 Å². The van der Waals surface area contributed by atoms with Gasteiger partial charge in [0.2, 0.25) is 5.78 Å². The number of ether oxygens (including phenoxy) is 2. The minimum Gasteiger partial charge on any atom is -0.503 e. The number of hydrogen-bond acceptors (Lipinski definition) is 6. The van der Waals surface area contributed by atoms with Crippen LogP contribution in [0.3, 0.4) is 0 Å². The number of Topliss-reactive ketones (excluding diaryl/α,β-unsaturated/α-hetero) is 1. The molecule has 0 spiro atoms. The molecule has 4 rings (SSSR count). The van der Waals surface area contributed by atoms with Crippen molar-refractivity contribution in [3.8, 4) is 5.75 Å². The first-order valence-corrected chi connectivity index (χ1v) is 11.3. The lowest BCUT2D eigenvalue weighted by Gasteiger charge is -2.28. The standard InChI is InChI=1S/C25H24BrNO6/c1-14(2)32-19-7-5-4-6-17(19)22-21(24(29)25(30)27(22)10-11-31-3)23(28)20-13-15-12-16(26)8-9-18(15)33-20/h4-9,12-14,22,29H,10-11H2,1-3H3. The summed E-state index contributed by atoms with van der Waals surface area (Å²) >= 11 is 3.41. The number of nitrogens with zero attached hydrogens (tertiary/aromatic N) is 1. The number of rotatable bonds is 8. The van der Waals surface area contributed by atoms with Crippen LogP contribution in [0.2, 0.25) is 0 Å². The van der Waals surface area contributed by atoms with Gasteiger partial charge < -0.3 is 23.9 Å². The number of benzene rings is 2. The van der Waals surface area contributed by atoms with Gasteiger partial charge in [0.15, 0.2) is 11.5 Å². The maximum atomic E-state index is 13.6. The largest absolute Gasteiger partial charge is 0.503 e. The summed E-state index contributed by atoms with van der Waals surface area (Å²) in [6.07, 6.45) is -0.124. The zero-order valence-corrected chi connectivity index (χ0v) is 20.1. The summed E-state index contributed by atoms with van der Waals surface area (Å²) in [7, 11) is 1.53. The SMILES string of the molecule is COCCN1C(=O)C(O)=C(C(=O)c2cc3cc(Br)ccc3o2)C1c1ccccc1OC(C)C. The Morgan fingerprint density at radius 3 is 2.70 bits per heavy atom. The highest BCUT2D eigenvalue weighted by Gasteiger charge is 2.45. The van der Waals surface area contributed by atoms with Crippen molar-refractivity contribution in [2.24, 2.45) is 0 Å². The molecule has 172 valence electrons. The third-order valence-corrected chi connectivity index (χ3v) is 5.86. The van der Waals surface area contributed by atoms with Crippen LogP contribution in [-0.4, -0.2) is 48.1 Å². The smallest absolute Gasteiger partial charge is 0.290 e. The lowest BCUT2D eigenvalue weighted by Crippen LogP contribution is -2.34. The summed E-state index contributed by atoms with van der Waals surface area (Å²) < 4.78 is 17.7. The van der Waals surface area contributed by atoms with Crippen LogP contribution in [0.5, 0.6) is 5.75 Å².